The van der Waals surface area contributed by atoms with Gasteiger partial charge in [-0.3, -0.25) is 9.59 Å². The van der Waals surface area contributed by atoms with E-state index in [1.807, 2.05) is 6.92 Å². The minimum absolute atomic E-state index is 0.00375. The molecular formula is C29H41N3O6S. The maximum atomic E-state index is 13.9. The molecule has 3 amide bonds. The fraction of sp³-hybridized carbons (Fsp3) is 0.483. The third-order valence-electron chi connectivity index (χ3n) is 5.91. The van der Waals surface area contributed by atoms with E-state index in [-0.39, 0.29) is 18.0 Å². The van der Waals surface area contributed by atoms with Crippen LogP contribution in [0.4, 0.5) is 10.5 Å². The van der Waals surface area contributed by atoms with Crippen molar-refractivity contribution in [2.24, 2.45) is 0 Å². The Kier molecular flexibility index (Phi) is 12.0. The number of carbonyl (C=O) groups excluding carboxylic acids is 3. The summed E-state index contributed by atoms with van der Waals surface area (Å²) in [6, 6.07) is 9.60. The molecule has 10 heteroatoms. The van der Waals surface area contributed by atoms with Gasteiger partial charge in [0.2, 0.25) is 5.91 Å². The van der Waals surface area contributed by atoms with E-state index in [1.165, 1.54) is 11.0 Å². The van der Waals surface area contributed by atoms with Gasteiger partial charge in [-0.05, 0) is 81.6 Å². The van der Waals surface area contributed by atoms with E-state index in [0.717, 1.165) is 12.8 Å². The summed E-state index contributed by atoms with van der Waals surface area (Å²) in [5, 5.41) is 15.6. The number of nitrogens with one attached hydrogen (secondary N) is 2. The molecule has 2 unspecified atom stereocenters. The number of amides is 3. The molecule has 0 bridgehead atoms. The van der Waals surface area contributed by atoms with E-state index in [9.17, 15) is 19.5 Å². The van der Waals surface area contributed by atoms with Crippen LogP contribution in [0.1, 0.15) is 64.1 Å². The minimum Gasteiger partial charge on any atom is -0.508 e. The fourth-order valence-corrected chi connectivity index (χ4v) is 4.19. The van der Waals surface area contributed by atoms with Crippen molar-refractivity contribution >= 4 is 36.2 Å². The predicted octanol–water partition coefficient (Wildman–Crippen LogP) is 5.23. The van der Waals surface area contributed by atoms with Gasteiger partial charge >= 0.3 is 6.09 Å². The van der Waals surface area contributed by atoms with Crippen LogP contribution in [-0.4, -0.2) is 59.0 Å². The summed E-state index contributed by atoms with van der Waals surface area (Å²) in [7, 11) is 1.56. The Bertz CT molecular complexity index is 1120. The summed E-state index contributed by atoms with van der Waals surface area (Å²) < 4.78 is 10.5. The second kappa shape index (κ2) is 14.7. The van der Waals surface area contributed by atoms with Gasteiger partial charge in [-0.15, -0.1) is 0 Å². The van der Waals surface area contributed by atoms with Gasteiger partial charge in [0.15, 0.2) is 0 Å². The number of rotatable bonds is 12. The molecule has 0 radical (unpaired) electrons. The molecule has 39 heavy (non-hydrogen) atoms. The smallest absolute Gasteiger partial charge is 0.408 e. The van der Waals surface area contributed by atoms with Crippen LogP contribution in [0.2, 0.25) is 0 Å². The van der Waals surface area contributed by atoms with Gasteiger partial charge in [-0.2, -0.15) is 12.6 Å². The van der Waals surface area contributed by atoms with Crippen molar-refractivity contribution in [1.29, 1.82) is 0 Å². The lowest BCUT2D eigenvalue weighted by Crippen LogP contribution is -2.53. The number of thiol groups is 1. The predicted molar refractivity (Wildman–Crippen MR) is 155 cm³/mol. The largest absolute Gasteiger partial charge is 0.508 e. The summed E-state index contributed by atoms with van der Waals surface area (Å²) in [6.45, 7) is 9.23. The maximum Gasteiger partial charge on any atom is 0.408 e. The van der Waals surface area contributed by atoms with Crippen LogP contribution in [0.25, 0.3) is 0 Å². The maximum absolute atomic E-state index is 13.9. The normalized spacial score (nSPS) is 12.7. The first-order valence-corrected chi connectivity index (χ1v) is 13.7. The van der Waals surface area contributed by atoms with Crippen LogP contribution < -0.4 is 15.4 Å². The Morgan fingerprint density at radius 3 is 2.28 bits per heavy atom. The molecule has 0 fully saturated rings. The number of phenolic OH excluding ortho intramolecular Hbond substituents is 1. The van der Waals surface area contributed by atoms with Gasteiger partial charge in [0.25, 0.3) is 5.91 Å². The first-order chi connectivity index (χ1) is 18.4. The van der Waals surface area contributed by atoms with Gasteiger partial charge < -0.3 is 30.1 Å². The molecule has 2 rings (SSSR count). The van der Waals surface area contributed by atoms with Crippen molar-refractivity contribution in [2.75, 3.05) is 24.7 Å². The monoisotopic (exact) mass is 559 g/mol. The van der Waals surface area contributed by atoms with Gasteiger partial charge in [0.05, 0.1) is 7.11 Å². The van der Waals surface area contributed by atoms with Crippen molar-refractivity contribution in [1.82, 2.24) is 10.2 Å². The van der Waals surface area contributed by atoms with Gasteiger partial charge in [0, 0.05) is 18.0 Å². The molecule has 2 aromatic rings. The number of anilines is 1. The molecule has 0 aliphatic carbocycles. The molecule has 2 aromatic carbocycles. The number of ether oxygens (including phenoxy) is 2. The minimum atomic E-state index is -1.04. The van der Waals surface area contributed by atoms with E-state index in [2.05, 4.69) is 23.3 Å². The highest BCUT2D eigenvalue weighted by Crippen LogP contribution is 2.29. The lowest BCUT2D eigenvalue weighted by molar-refractivity contribution is -0.140. The van der Waals surface area contributed by atoms with E-state index in [1.54, 1.807) is 71.2 Å². The molecular weight excluding hydrogens is 518 g/mol. The number of aryl methyl sites for hydroxylation is 1. The highest BCUT2D eigenvalue weighted by atomic mass is 32.1. The average Bonchev–Trinajstić information content (AvgIpc) is 2.87. The Labute approximate surface area is 236 Å². The van der Waals surface area contributed by atoms with Crippen molar-refractivity contribution in [3.8, 4) is 11.5 Å². The van der Waals surface area contributed by atoms with Crippen LogP contribution in [0, 0.1) is 6.92 Å². The molecule has 2 atom stereocenters. The van der Waals surface area contributed by atoms with E-state index in [4.69, 9.17) is 9.47 Å². The van der Waals surface area contributed by atoms with Crippen molar-refractivity contribution in [3.05, 3.63) is 53.6 Å². The Hall–Kier alpha value is -3.40. The average molecular weight is 560 g/mol. The molecule has 0 aliphatic rings. The van der Waals surface area contributed by atoms with E-state index >= 15 is 0 Å². The molecule has 0 aromatic heterocycles. The lowest BCUT2D eigenvalue weighted by atomic mass is 9.99. The molecule has 3 N–H and O–H groups in total. The van der Waals surface area contributed by atoms with Gasteiger partial charge in [0.1, 0.15) is 29.2 Å². The summed E-state index contributed by atoms with van der Waals surface area (Å²) in [6.07, 6.45) is 1.66. The van der Waals surface area contributed by atoms with Crippen LogP contribution in [0.15, 0.2) is 42.5 Å². The quantitative estimate of drug-likeness (QED) is 0.209. The summed E-state index contributed by atoms with van der Waals surface area (Å²) >= 11 is 4.32. The second-order valence-corrected chi connectivity index (χ2v) is 10.7. The van der Waals surface area contributed by atoms with Crippen molar-refractivity contribution < 1.29 is 29.0 Å². The zero-order valence-electron chi connectivity index (χ0n) is 23.6. The summed E-state index contributed by atoms with van der Waals surface area (Å²) in [5.41, 5.74) is 0.865. The molecule has 0 heterocycles. The topological polar surface area (TPSA) is 117 Å². The number of hydrogen-bond acceptors (Lipinski definition) is 7. The Balaban J connectivity index is 2.50. The highest BCUT2D eigenvalue weighted by molar-refractivity contribution is 7.80. The second-order valence-electron chi connectivity index (χ2n) is 10.3. The Morgan fingerprint density at radius 1 is 1.08 bits per heavy atom. The summed E-state index contributed by atoms with van der Waals surface area (Å²) in [5.74, 6) is -0.182. The van der Waals surface area contributed by atoms with Crippen LogP contribution in [0.3, 0.4) is 0 Å². The molecule has 0 aliphatic heterocycles. The number of unbranched alkanes of at least 4 members (excludes halogenated alkanes) is 2. The SMILES string of the molecule is CCCCCN(C(=O)C(CS)NC(=O)OC(C)(C)C)C(C(=O)Nc1ccc(OC)cc1)c1ccc(O)c(C)c1. The van der Waals surface area contributed by atoms with Gasteiger partial charge in [-0.25, -0.2) is 4.79 Å². The number of nitrogens with zero attached hydrogens (tertiary/aromatic N) is 1. The molecule has 9 nitrogen and oxygen atoms in total. The van der Waals surface area contributed by atoms with Gasteiger partial charge in [-0.1, -0.05) is 25.8 Å². The zero-order valence-corrected chi connectivity index (χ0v) is 24.5. The molecule has 0 spiro atoms. The fourth-order valence-electron chi connectivity index (χ4n) is 3.94. The first-order valence-electron chi connectivity index (χ1n) is 13.1. The third-order valence-corrected chi connectivity index (χ3v) is 6.28. The lowest BCUT2D eigenvalue weighted by Gasteiger charge is -2.34. The van der Waals surface area contributed by atoms with Crippen LogP contribution in [0.5, 0.6) is 11.5 Å². The van der Waals surface area contributed by atoms with E-state index < -0.39 is 35.6 Å². The summed E-state index contributed by atoms with van der Waals surface area (Å²) in [4.78, 5) is 41.8. The number of hydrogen-bond donors (Lipinski definition) is 4. The molecule has 214 valence electrons. The number of carbonyl (C=O) groups is 3. The number of alkyl carbamates (subject to hydrolysis) is 1. The highest BCUT2D eigenvalue weighted by Gasteiger charge is 2.36. The number of benzene rings is 2. The molecule has 0 saturated heterocycles. The van der Waals surface area contributed by atoms with Crippen molar-refractivity contribution in [2.45, 2.75) is 71.6 Å². The third kappa shape index (κ3) is 9.69. The van der Waals surface area contributed by atoms with Crippen molar-refractivity contribution in [3.63, 3.8) is 0 Å². The van der Waals surface area contributed by atoms with E-state index in [0.29, 0.717) is 29.0 Å². The van der Waals surface area contributed by atoms with Crippen LogP contribution >= 0.6 is 12.6 Å². The number of methoxy groups -OCH3 is 1. The first kappa shape index (κ1) is 31.8. The zero-order chi connectivity index (χ0) is 29.2. The van der Waals surface area contributed by atoms with Crippen LogP contribution in [-0.2, 0) is 14.3 Å². The molecule has 0 saturated carbocycles. The number of aromatic hydroxyl groups is 1. The standard InChI is InChI=1S/C29H41N3O6S/c1-7-8-9-16-32(27(35)23(18-39)31-28(36)38-29(3,4)5)25(20-10-15-24(33)19(2)17-20)26(34)30-21-11-13-22(37-6)14-12-21/h10-15,17,23,25,33,39H,7-9,16,18H2,1-6H3,(H,30,34)(H,31,36). The Morgan fingerprint density at radius 2 is 1.74 bits per heavy atom. The number of phenols is 1.